The van der Waals surface area contributed by atoms with Gasteiger partial charge in [-0.05, 0) is 80.5 Å². The molecule has 4 heterocycles. The number of carbonyl (C=O) groups excluding carboxylic acids is 3. The van der Waals surface area contributed by atoms with Gasteiger partial charge in [0.1, 0.15) is 29.2 Å². The van der Waals surface area contributed by atoms with Crippen LogP contribution in [-0.2, 0) is 52.3 Å². The van der Waals surface area contributed by atoms with Crippen LogP contribution in [0.2, 0.25) is 0 Å². The Bertz CT molecular complexity index is 1420. The molecule has 0 spiro atoms. The van der Waals surface area contributed by atoms with Crippen molar-refractivity contribution >= 4 is 17.7 Å². The molecule has 0 radical (unpaired) electrons. The van der Waals surface area contributed by atoms with E-state index < -0.39 is 108 Å². The molecule has 0 aromatic carbocycles. The zero-order valence-electron chi connectivity index (χ0n) is 36.4. The lowest BCUT2D eigenvalue weighted by Gasteiger charge is -2.50. The lowest BCUT2D eigenvalue weighted by atomic mass is 9.73. The number of hydrogen-bond acceptors (Lipinski definition) is 15. The molecule has 0 aromatic heterocycles. The van der Waals surface area contributed by atoms with Crippen molar-refractivity contribution in [3.05, 3.63) is 12.2 Å². The number of esters is 2. The van der Waals surface area contributed by atoms with Crippen LogP contribution in [-0.4, -0.2) is 150 Å². The second-order valence-corrected chi connectivity index (χ2v) is 18.2. The number of likely N-dealkylation sites (N-methyl/N-ethyl adjacent to an activating group) is 1. The van der Waals surface area contributed by atoms with E-state index in [1.807, 2.05) is 39.8 Å². The summed E-state index contributed by atoms with van der Waals surface area (Å²) in [5.41, 5.74) is -4.16. The predicted octanol–water partition coefficient (Wildman–Crippen LogP) is 3.32. The number of aliphatic hydroxyl groups is 3. The van der Waals surface area contributed by atoms with Gasteiger partial charge in [0.25, 0.3) is 0 Å². The molecule has 2 bridgehead atoms. The molecule has 15 nitrogen and oxygen atoms in total. The molecule has 4 aliphatic heterocycles. The van der Waals surface area contributed by atoms with Gasteiger partial charge in [-0.2, -0.15) is 0 Å². The summed E-state index contributed by atoms with van der Waals surface area (Å²) in [7, 11) is 3.75. The van der Waals surface area contributed by atoms with Gasteiger partial charge in [0.2, 0.25) is 0 Å². The van der Waals surface area contributed by atoms with Crippen LogP contribution in [0.1, 0.15) is 102 Å². The third kappa shape index (κ3) is 10.6. The summed E-state index contributed by atoms with van der Waals surface area (Å²) in [4.78, 5) is 42.7. The van der Waals surface area contributed by atoms with E-state index >= 15 is 0 Å². The average Bonchev–Trinajstić information content (AvgIpc) is 3.12. The van der Waals surface area contributed by atoms with E-state index in [9.17, 15) is 29.7 Å². The Morgan fingerprint density at radius 2 is 1.60 bits per heavy atom. The zero-order valence-corrected chi connectivity index (χ0v) is 36.4. The van der Waals surface area contributed by atoms with E-state index in [1.165, 1.54) is 20.8 Å². The second kappa shape index (κ2) is 18.7. The first-order valence-electron chi connectivity index (χ1n) is 20.6. The Morgan fingerprint density at radius 3 is 2.18 bits per heavy atom. The van der Waals surface area contributed by atoms with Crippen molar-refractivity contribution in [2.75, 3.05) is 27.3 Å². The van der Waals surface area contributed by atoms with Crippen LogP contribution in [0.5, 0.6) is 0 Å². The monoisotopic (exact) mass is 813 g/mol. The highest BCUT2D eigenvalue weighted by Crippen LogP contribution is 2.43. The van der Waals surface area contributed by atoms with Gasteiger partial charge in [0, 0.05) is 37.1 Å². The van der Waals surface area contributed by atoms with Crippen molar-refractivity contribution in [3.8, 4) is 0 Å². The fraction of sp³-hybridized carbons (Fsp3) is 0.881. The van der Waals surface area contributed by atoms with Crippen molar-refractivity contribution in [1.82, 2.24) is 4.90 Å². The highest BCUT2D eigenvalue weighted by Gasteiger charge is 2.55. The third-order valence-electron chi connectivity index (χ3n) is 12.6. The lowest BCUT2D eigenvalue weighted by Crippen LogP contribution is -2.61. The van der Waals surface area contributed by atoms with Gasteiger partial charge < -0.3 is 58.1 Å². The van der Waals surface area contributed by atoms with Crippen molar-refractivity contribution in [1.29, 1.82) is 0 Å². The van der Waals surface area contributed by atoms with Crippen molar-refractivity contribution < 1.29 is 67.6 Å². The zero-order chi connectivity index (χ0) is 42.9. The van der Waals surface area contributed by atoms with Crippen LogP contribution >= 0.6 is 0 Å². The number of aliphatic hydroxyl groups excluding tert-OH is 1. The smallest absolute Gasteiger partial charge is 0.311 e. The van der Waals surface area contributed by atoms with Crippen LogP contribution < -0.4 is 0 Å². The van der Waals surface area contributed by atoms with E-state index in [2.05, 4.69) is 6.58 Å². The maximum Gasteiger partial charge on any atom is 0.311 e. The van der Waals surface area contributed by atoms with Gasteiger partial charge in [-0.3, -0.25) is 14.4 Å². The van der Waals surface area contributed by atoms with Crippen LogP contribution in [0, 0.1) is 23.7 Å². The summed E-state index contributed by atoms with van der Waals surface area (Å²) in [6.45, 7) is 22.6. The summed E-state index contributed by atoms with van der Waals surface area (Å²) in [6, 6.07) is -0.312. The Kier molecular flexibility index (Phi) is 15.6. The van der Waals surface area contributed by atoms with E-state index in [0.29, 0.717) is 12.0 Å². The molecule has 0 aliphatic carbocycles. The van der Waals surface area contributed by atoms with Crippen LogP contribution in [0.3, 0.4) is 0 Å². The van der Waals surface area contributed by atoms with Crippen molar-refractivity contribution in [3.63, 3.8) is 0 Å². The largest absolute Gasteiger partial charge is 0.459 e. The van der Waals surface area contributed by atoms with E-state index in [4.69, 9.17) is 37.9 Å². The molecule has 4 aliphatic rings. The Morgan fingerprint density at radius 1 is 0.947 bits per heavy atom. The number of carbonyl (C=O) groups is 3. The van der Waals surface area contributed by atoms with Gasteiger partial charge >= 0.3 is 11.9 Å². The van der Waals surface area contributed by atoms with Gasteiger partial charge in [-0.1, -0.05) is 34.3 Å². The molecule has 328 valence electrons. The van der Waals surface area contributed by atoms with Crippen molar-refractivity contribution in [2.45, 2.75) is 186 Å². The molecule has 0 saturated carbocycles. The molecule has 18 atom stereocenters. The highest BCUT2D eigenvalue weighted by atomic mass is 16.7. The molecule has 0 amide bonds. The number of cyclic esters (lactones) is 1. The summed E-state index contributed by atoms with van der Waals surface area (Å²) < 4.78 is 51.0. The summed E-state index contributed by atoms with van der Waals surface area (Å²) in [5.74, 6) is -4.79. The Labute approximate surface area is 339 Å². The second-order valence-electron chi connectivity index (χ2n) is 18.2. The topological polar surface area (TPSA) is 189 Å². The van der Waals surface area contributed by atoms with Crippen LogP contribution in [0.4, 0.5) is 0 Å². The number of rotatable bonds is 7. The molecule has 4 fully saturated rings. The van der Waals surface area contributed by atoms with Gasteiger partial charge in [-0.15, -0.1) is 0 Å². The lowest BCUT2D eigenvalue weighted by molar-refractivity contribution is -0.319. The van der Waals surface area contributed by atoms with Crippen molar-refractivity contribution in [2.24, 2.45) is 23.7 Å². The molecule has 15 heteroatoms. The standard InChI is InChI=1S/C42H71NO14/c1-15-30-42(12,49)36-24(5)32(45)22(3)17-41(11,51-20-21(2)19-50-36)35(57-39-33(46)29(43(13)14)16-23(4)52-39)25(6)34(26(7)38(47)55-30)56-31-18-40(10,48)37(27(8)53-31)54-28(9)44/h22-27,29-31,33-37,39,46,48-49H,2,15-20H2,1,3-14H3/t22-,23-,24-,25+,26-,27+,29+,30+,31+,33-,34+,35-,36+,37+,39+,40-,41-,42-/m1/s1. The normalized spacial score (nSPS) is 47.0. The summed E-state index contributed by atoms with van der Waals surface area (Å²) in [6.07, 6.45) is -8.95. The fourth-order valence-corrected chi connectivity index (χ4v) is 9.55. The maximum atomic E-state index is 14.4. The third-order valence-corrected chi connectivity index (χ3v) is 12.6. The minimum absolute atomic E-state index is 0.00456. The highest BCUT2D eigenvalue weighted by molar-refractivity contribution is 5.83. The summed E-state index contributed by atoms with van der Waals surface area (Å²) >= 11 is 0. The van der Waals surface area contributed by atoms with E-state index in [1.54, 1.807) is 34.6 Å². The van der Waals surface area contributed by atoms with Gasteiger partial charge in [-0.25, -0.2) is 0 Å². The van der Waals surface area contributed by atoms with E-state index in [-0.39, 0.29) is 50.4 Å². The van der Waals surface area contributed by atoms with Gasteiger partial charge in [0.05, 0.1) is 55.3 Å². The molecule has 0 unspecified atom stereocenters. The molecule has 0 aromatic rings. The molecule has 4 saturated heterocycles. The number of fused-ring (bicyclic) bond motifs is 5. The first kappa shape index (κ1) is 47.6. The molecule has 4 rings (SSSR count). The summed E-state index contributed by atoms with van der Waals surface area (Å²) in [5, 5.41) is 35.5. The SMILES string of the molecule is C=C1CO[C@H]2[C@H](C)C(=O)[C@H](C)C[C@@](C)(OC1)[C@H](O[C@@H]1O[C@H](C)C[C@H](N(C)C)[C@H]1O)[C@@H](C)[C@H](O[C@H]1C[C@@](C)(O)[C@@H](OC(C)=O)[C@H](C)O1)[C@@H](C)C(=O)O[C@@H](CC)[C@@]2(C)O. The maximum absolute atomic E-state index is 14.4. The van der Waals surface area contributed by atoms with Crippen LogP contribution in [0.25, 0.3) is 0 Å². The molecular formula is C42H71NO14. The number of Topliss-reactive ketones (excluding diaryl/α,β-unsaturated/α-hetero) is 1. The molecular weight excluding hydrogens is 742 g/mol. The minimum atomic E-state index is -1.81. The van der Waals surface area contributed by atoms with Crippen LogP contribution in [0.15, 0.2) is 12.2 Å². The predicted molar refractivity (Wildman–Crippen MR) is 208 cm³/mol. The minimum Gasteiger partial charge on any atom is -0.459 e. The Hall–Kier alpha value is -2.05. The molecule has 3 N–H and O–H groups in total. The number of ketones is 1. The fourth-order valence-electron chi connectivity index (χ4n) is 9.55. The number of ether oxygens (including phenoxy) is 8. The van der Waals surface area contributed by atoms with E-state index in [0.717, 1.165) is 0 Å². The first-order chi connectivity index (χ1) is 26.3. The Balaban J connectivity index is 1.92. The van der Waals surface area contributed by atoms with Gasteiger partial charge in [0.15, 0.2) is 18.7 Å². The number of nitrogens with zero attached hydrogens (tertiary/aromatic N) is 1. The number of hydrogen-bond donors (Lipinski definition) is 3. The first-order valence-corrected chi connectivity index (χ1v) is 20.6. The molecule has 57 heavy (non-hydrogen) atoms. The average molecular weight is 814 g/mol. The quantitative estimate of drug-likeness (QED) is 0.251.